The van der Waals surface area contributed by atoms with Gasteiger partial charge in [0.1, 0.15) is 0 Å². The molecule has 20 heavy (non-hydrogen) atoms. The molecular formula is C15H13N3OS. The Hall–Kier alpha value is -2.14. The fourth-order valence-corrected chi connectivity index (χ4v) is 3.11. The van der Waals surface area contributed by atoms with Gasteiger partial charge in [-0.15, -0.1) is 11.3 Å². The van der Waals surface area contributed by atoms with Crippen LogP contribution >= 0.6 is 11.3 Å². The maximum Gasteiger partial charge on any atom is 0.227 e. The summed E-state index contributed by atoms with van der Waals surface area (Å²) in [6, 6.07) is 7.97. The van der Waals surface area contributed by atoms with Crippen LogP contribution in [0.1, 0.15) is 12.8 Å². The summed E-state index contributed by atoms with van der Waals surface area (Å²) in [5.41, 5.74) is 3.11. The minimum Gasteiger partial charge on any atom is -0.326 e. The van der Waals surface area contributed by atoms with Crippen molar-refractivity contribution in [2.24, 2.45) is 5.92 Å². The third-order valence-corrected chi connectivity index (χ3v) is 4.39. The third kappa shape index (κ3) is 2.00. The Kier molecular flexibility index (Phi) is 2.60. The number of fused-ring (bicyclic) bond motifs is 1. The zero-order chi connectivity index (χ0) is 13.5. The minimum atomic E-state index is 0.144. The minimum absolute atomic E-state index is 0.144. The van der Waals surface area contributed by atoms with Gasteiger partial charge in [0, 0.05) is 29.4 Å². The highest BCUT2D eigenvalue weighted by molar-refractivity contribution is 7.15. The number of hydrogen-bond donors (Lipinski definition) is 1. The van der Waals surface area contributed by atoms with Crippen molar-refractivity contribution < 1.29 is 4.79 Å². The van der Waals surface area contributed by atoms with Gasteiger partial charge >= 0.3 is 0 Å². The first-order valence-corrected chi connectivity index (χ1v) is 7.51. The Labute approximate surface area is 120 Å². The molecule has 0 atom stereocenters. The van der Waals surface area contributed by atoms with Crippen LogP contribution in [-0.4, -0.2) is 15.3 Å². The molecule has 3 aromatic rings. The van der Waals surface area contributed by atoms with Gasteiger partial charge in [0.05, 0.1) is 5.69 Å². The lowest BCUT2D eigenvalue weighted by atomic mass is 10.1. The molecular weight excluding hydrogens is 270 g/mol. The molecule has 4 rings (SSSR count). The van der Waals surface area contributed by atoms with E-state index in [-0.39, 0.29) is 11.8 Å². The molecule has 100 valence electrons. The molecule has 0 bridgehead atoms. The van der Waals surface area contributed by atoms with E-state index < -0.39 is 0 Å². The SMILES string of the molecule is O=C(Nc1ccc(-c2csc3nccn23)cc1)C1CC1. The molecule has 1 aliphatic carbocycles. The van der Waals surface area contributed by atoms with Gasteiger partial charge in [-0.25, -0.2) is 4.98 Å². The lowest BCUT2D eigenvalue weighted by Crippen LogP contribution is -2.12. The Bertz CT molecular complexity index is 768. The van der Waals surface area contributed by atoms with E-state index in [1.165, 1.54) is 0 Å². The van der Waals surface area contributed by atoms with E-state index in [1.807, 2.05) is 30.5 Å². The molecule has 0 unspecified atom stereocenters. The smallest absolute Gasteiger partial charge is 0.227 e. The first-order valence-electron chi connectivity index (χ1n) is 6.63. The molecule has 1 fully saturated rings. The molecule has 1 aliphatic rings. The Morgan fingerprint density at radius 1 is 1.30 bits per heavy atom. The van der Waals surface area contributed by atoms with Crippen LogP contribution in [0, 0.1) is 5.92 Å². The number of carbonyl (C=O) groups excluding carboxylic acids is 1. The van der Waals surface area contributed by atoms with Gasteiger partial charge in [-0.3, -0.25) is 9.20 Å². The van der Waals surface area contributed by atoms with Gasteiger partial charge in [0.15, 0.2) is 4.96 Å². The second kappa shape index (κ2) is 4.45. The van der Waals surface area contributed by atoms with Crippen LogP contribution in [0.15, 0.2) is 42.0 Å². The van der Waals surface area contributed by atoms with Crippen LogP contribution in [0.4, 0.5) is 5.69 Å². The van der Waals surface area contributed by atoms with Crippen molar-refractivity contribution in [2.45, 2.75) is 12.8 Å². The summed E-state index contributed by atoms with van der Waals surface area (Å²) in [6.45, 7) is 0. The van der Waals surface area contributed by atoms with E-state index in [9.17, 15) is 4.79 Å². The molecule has 2 heterocycles. The van der Waals surface area contributed by atoms with E-state index in [0.29, 0.717) is 0 Å². The standard InChI is InChI=1S/C15H13N3OS/c19-14(11-1-2-11)17-12-5-3-10(4-6-12)13-9-20-15-16-7-8-18(13)15/h3-9,11H,1-2H2,(H,17,19). The number of carbonyl (C=O) groups is 1. The van der Waals surface area contributed by atoms with Gasteiger partial charge in [-0.1, -0.05) is 12.1 Å². The van der Waals surface area contributed by atoms with Gasteiger partial charge in [-0.05, 0) is 30.5 Å². The lowest BCUT2D eigenvalue weighted by Gasteiger charge is -2.05. The van der Waals surface area contributed by atoms with Crippen LogP contribution in [0.3, 0.4) is 0 Å². The first kappa shape index (κ1) is 11.7. The highest BCUT2D eigenvalue weighted by Gasteiger charge is 2.29. The molecule has 0 radical (unpaired) electrons. The predicted molar refractivity (Wildman–Crippen MR) is 79.9 cm³/mol. The number of nitrogens with one attached hydrogen (secondary N) is 1. The van der Waals surface area contributed by atoms with Crippen LogP contribution in [0.5, 0.6) is 0 Å². The normalized spacial score (nSPS) is 14.6. The lowest BCUT2D eigenvalue weighted by molar-refractivity contribution is -0.117. The number of nitrogens with zero attached hydrogens (tertiary/aromatic N) is 2. The van der Waals surface area contributed by atoms with Crippen molar-refractivity contribution in [1.29, 1.82) is 0 Å². The molecule has 1 N–H and O–H groups in total. The second-order valence-corrected chi connectivity index (χ2v) is 5.88. The number of anilines is 1. The summed E-state index contributed by atoms with van der Waals surface area (Å²) in [5, 5.41) is 5.05. The fraction of sp³-hybridized carbons (Fsp3) is 0.200. The Morgan fingerprint density at radius 3 is 2.85 bits per heavy atom. The second-order valence-electron chi connectivity index (χ2n) is 5.04. The zero-order valence-corrected chi connectivity index (χ0v) is 11.6. The van der Waals surface area contributed by atoms with Crippen LogP contribution < -0.4 is 5.32 Å². The number of rotatable bonds is 3. The molecule has 0 saturated heterocycles. The summed E-state index contributed by atoms with van der Waals surface area (Å²) in [7, 11) is 0. The highest BCUT2D eigenvalue weighted by atomic mass is 32.1. The zero-order valence-electron chi connectivity index (χ0n) is 10.7. The molecule has 2 aromatic heterocycles. The first-order chi connectivity index (χ1) is 9.81. The van der Waals surface area contributed by atoms with E-state index in [4.69, 9.17) is 0 Å². The predicted octanol–water partition coefficient (Wildman–Crippen LogP) is 3.41. The van der Waals surface area contributed by atoms with Gasteiger partial charge < -0.3 is 5.32 Å². The molecule has 0 aliphatic heterocycles. The van der Waals surface area contributed by atoms with E-state index >= 15 is 0 Å². The van der Waals surface area contributed by atoms with Crippen LogP contribution in [-0.2, 0) is 4.79 Å². The highest BCUT2D eigenvalue weighted by Crippen LogP contribution is 2.31. The van der Waals surface area contributed by atoms with E-state index in [0.717, 1.165) is 34.7 Å². The number of thiazole rings is 1. The number of imidazole rings is 1. The maximum atomic E-state index is 11.7. The van der Waals surface area contributed by atoms with Crippen molar-refractivity contribution >= 4 is 27.9 Å². The third-order valence-electron chi connectivity index (χ3n) is 3.54. The average Bonchev–Trinajstić information content (AvgIpc) is 3.08. The van der Waals surface area contributed by atoms with Crippen LogP contribution in [0.25, 0.3) is 16.2 Å². The number of amides is 1. The Balaban J connectivity index is 1.60. The van der Waals surface area contributed by atoms with Gasteiger partial charge in [0.25, 0.3) is 0 Å². The summed E-state index contributed by atoms with van der Waals surface area (Å²) < 4.78 is 2.07. The Morgan fingerprint density at radius 2 is 2.10 bits per heavy atom. The number of hydrogen-bond acceptors (Lipinski definition) is 3. The maximum absolute atomic E-state index is 11.7. The van der Waals surface area contributed by atoms with Crippen LogP contribution in [0.2, 0.25) is 0 Å². The summed E-state index contributed by atoms with van der Waals surface area (Å²) >= 11 is 1.62. The molecule has 0 spiro atoms. The number of benzene rings is 1. The topological polar surface area (TPSA) is 46.4 Å². The van der Waals surface area contributed by atoms with Crippen molar-refractivity contribution in [2.75, 3.05) is 5.32 Å². The molecule has 5 heteroatoms. The summed E-state index contributed by atoms with van der Waals surface area (Å²) in [4.78, 5) is 17.0. The largest absolute Gasteiger partial charge is 0.326 e. The van der Waals surface area contributed by atoms with E-state index in [1.54, 1.807) is 17.5 Å². The fourth-order valence-electron chi connectivity index (χ4n) is 2.25. The molecule has 1 amide bonds. The average molecular weight is 283 g/mol. The van der Waals surface area contributed by atoms with Gasteiger partial charge in [0.2, 0.25) is 5.91 Å². The quantitative estimate of drug-likeness (QED) is 0.800. The number of aromatic nitrogens is 2. The van der Waals surface area contributed by atoms with Crippen molar-refractivity contribution in [3.8, 4) is 11.3 Å². The van der Waals surface area contributed by atoms with Crippen molar-refractivity contribution in [3.05, 3.63) is 42.0 Å². The summed E-state index contributed by atoms with van der Waals surface area (Å²) in [5.74, 6) is 0.377. The molecule has 4 nitrogen and oxygen atoms in total. The van der Waals surface area contributed by atoms with E-state index in [2.05, 4.69) is 20.1 Å². The monoisotopic (exact) mass is 283 g/mol. The molecule has 1 aromatic carbocycles. The molecule has 1 saturated carbocycles. The van der Waals surface area contributed by atoms with Gasteiger partial charge in [-0.2, -0.15) is 0 Å². The van der Waals surface area contributed by atoms with Crippen molar-refractivity contribution in [3.63, 3.8) is 0 Å². The summed E-state index contributed by atoms with van der Waals surface area (Å²) in [6.07, 6.45) is 5.82. The van der Waals surface area contributed by atoms with Crippen molar-refractivity contribution in [1.82, 2.24) is 9.38 Å².